The van der Waals surface area contributed by atoms with E-state index < -0.39 is 0 Å². The largest absolute Gasteiger partial charge is 0.335 e. The summed E-state index contributed by atoms with van der Waals surface area (Å²) < 4.78 is 0. The predicted octanol–water partition coefficient (Wildman–Crippen LogP) is 4.28. The Morgan fingerprint density at radius 2 is 1.90 bits per heavy atom. The molecule has 2 fully saturated rings. The lowest BCUT2D eigenvalue weighted by molar-refractivity contribution is 0.116. The van der Waals surface area contributed by atoms with E-state index in [2.05, 4.69) is 46.9 Å². The van der Waals surface area contributed by atoms with Gasteiger partial charge in [-0.3, -0.25) is 0 Å². The second-order valence-corrected chi connectivity index (χ2v) is 8.70. The molecule has 3 nitrogen and oxygen atoms in total. The van der Waals surface area contributed by atoms with Crippen LogP contribution in [0.4, 0.5) is 4.79 Å². The fourth-order valence-electron chi connectivity index (χ4n) is 4.71. The van der Waals surface area contributed by atoms with E-state index in [4.69, 9.17) is 0 Å². The van der Waals surface area contributed by atoms with Crippen molar-refractivity contribution in [2.24, 2.45) is 22.7 Å². The Labute approximate surface area is 130 Å². The third-order valence-corrected chi connectivity index (χ3v) is 6.89. The van der Waals surface area contributed by atoms with Crippen LogP contribution < -0.4 is 5.32 Å². The van der Waals surface area contributed by atoms with E-state index >= 15 is 0 Å². The fourth-order valence-corrected chi connectivity index (χ4v) is 4.71. The number of nitrogens with one attached hydrogen (secondary N) is 1. The number of amides is 2. The van der Waals surface area contributed by atoms with Gasteiger partial charge in [-0.1, -0.05) is 34.6 Å². The molecule has 0 aromatic heterocycles. The maximum absolute atomic E-state index is 12.6. The normalized spacial score (nSPS) is 35.0. The summed E-state index contributed by atoms with van der Waals surface area (Å²) in [7, 11) is 1.93. The molecule has 122 valence electrons. The maximum atomic E-state index is 12.6. The smallest absolute Gasteiger partial charge is 0.317 e. The molecular formula is C18H34N2O. The zero-order valence-electron chi connectivity index (χ0n) is 15.0. The molecule has 0 heterocycles. The third kappa shape index (κ3) is 2.68. The molecule has 0 aliphatic heterocycles. The SMILES string of the molecule is CC(C)C[C@H](C)N(C)C(=O)N[C@H]1C[C@H]2CC[C@@]1(C)C2(C)C. The predicted molar refractivity (Wildman–Crippen MR) is 88.2 cm³/mol. The highest BCUT2D eigenvalue weighted by Crippen LogP contribution is 2.65. The molecular weight excluding hydrogens is 260 g/mol. The molecule has 21 heavy (non-hydrogen) atoms. The summed E-state index contributed by atoms with van der Waals surface area (Å²) in [6, 6.07) is 0.745. The lowest BCUT2D eigenvalue weighted by Crippen LogP contribution is -2.52. The average molecular weight is 294 g/mol. The molecule has 0 spiro atoms. The Morgan fingerprint density at radius 3 is 2.33 bits per heavy atom. The molecule has 2 amide bonds. The van der Waals surface area contributed by atoms with Crippen LogP contribution in [0, 0.1) is 22.7 Å². The van der Waals surface area contributed by atoms with Gasteiger partial charge in [0.2, 0.25) is 0 Å². The monoisotopic (exact) mass is 294 g/mol. The first kappa shape index (κ1) is 16.6. The van der Waals surface area contributed by atoms with Crippen molar-refractivity contribution in [2.75, 3.05) is 7.05 Å². The molecule has 2 aliphatic carbocycles. The zero-order chi connectivity index (χ0) is 16.0. The van der Waals surface area contributed by atoms with E-state index in [1.807, 2.05) is 11.9 Å². The number of carbonyl (C=O) groups is 1. The van der Waals surface area contributed by atoms with Gasteiger partial charge in [-0.2, -0.15) is 0 Å². The van der Waals surface area contributed by atoms with Crippen LogP contribution in [-0.2, 0) is 0 Å². The number of fused-ring (bicyclic) bond motifs is 2. The van der Waals surface area contributed by atoms with Crippen LogP contribution in [0.1, 0.15) is 67.2 Å². The van der Waals surface area contributed by atoms with E-state index in [0.717, 1.165) is 18.8 Å². The number of nitrogens with zero attached hydrogens (tertiary/aromatic N) is 1. The molecule has 4 atom stereocenters. The molecule has 0 aromatic carbocycles. The van der Waals surface area contributed by atoms with Crippen molar-refractivity contribution in [1.29, 1.82) is 0 Å². The van der Waals surface area contributed by atoms with Gasteiger partial charge in [0.1, 0.15) is 0 Å². The number of hydrogen-bond donors (Lipinski definition) is 1. The van der Waals surface area contributed by atoms with Crippen molar-refractivity contribution in [3.05, 3.63) is 0 Å². The summed E-state index contributed by atoms with van der Waals surface area (Å²) in [5, 5.41) is 3.35. The minimum Gasteiger partial charge on any atom is -0.335 e. The Morgan fingerprint density at radius 1 is 1.29 bits per heavy atom. The number of hydrogen-bond acceptors (Lipinski definition) is 1. The highest BCUT2D eigenvalue weighted by molar-refractivity contribution is 5.74. The number of carbonyl (C=O) groups excluding carboxylic acids is 1. The van der Waals surface area contributed by atoms with Crippen molar-refractivity contribution in [2.45, 2.75) is 79.3 Å². The Bertz CT molecular complexity index is 404. The molecule has 0 saturated heterocycles. The summed E-state index contributed by atoms with van der Waals surface area (Å²) in [4.78, 5) is 14.5. The standard InChI is InChI=1S/C18H34N2O/c1-12(2)10-13(3)20(7)16(21)19-15-11-14-8-9-18(15,6)17(14,4)5/h12-15H,8-11H2,1-7H3,(H,19,21)/t13-,14+,15-,18+/m0/s1. The van der Waals surface area contributed by atoms with Crippen LogP contribution in [0.2, 0.25) is 0 Å². The molecule has 2 bridgehead atoms. The molecule has 2 aliphatic rings. The van der Waals surface area contributed by atoms with Crippen LogP contribution in [0.25, 0.3) is 0 Å². The molecule has 3 heteroatoms. The molecule has 0 aromatic rings. The zero-order valence-corrected chi connectivity index (χ0v) is 15.0. The molecule has 0 radical (unpaired) electrons. The summed E-state index contributed by atoms with van der Waals surface area (Å²) in [5.41, 5.74) is 0.614. The van der Waals surface area contributed by atoms with Gasteiger partial charge in [0, 0.05) is 19.1 Å². The van der Waals surface area contributed by atoms with E-state index in [9.17, 15) is 4.79 Å². The molecule has 1 N–H and O–H groups in total. The third-order valence-electron chi connectivity index (χ3n) is 6.89. The quantitative estimate of drug-likeness (QED) is 0.824. The maximum Gasteiger partial charge on any atom is 0.317 e. The average Bonchev–Trinajstić information content (AvgIpc) is 2.70. The van der Waals surface area contributed by atoms with Gasteiger partial charge in [-0.15, -0.1) is 0 Å². The second kappa shape index (κ2) is 5.48. The van der Waals surface area contributed by atoms with Gasteiger partial charge >= 0.3 is 6.03 Å². The van der Waals surface area contributed by atoms with E-state index in [1.165, 1.54) is 12.8 Å². The summed E-state index contributed by atoms with van der Waals surface area (Å²) in [6.07, 6.45) is 4.79. The number of urea groups is 1. The summed E-state index contributed by atoms with van der Waals surface area (Å²) >= 11 is 0. The van der Waals surface area contributed by atoms with Gasteiger partial charge < -0.3 is 10.2 Å². The first-order chi connectivity index (χ1) is 9.59. The van der Waals surface area contributed by atoms with Gasteiger partial charge in [0.25, 0.3) is 0 Å². The van der Waals surface area contributed by atoms with E-state index in [0.29, 0.717) is 23.4 Å². The van der Waals surface area contributed by atoms with Crippen molar-refractivity contribution < 1.29 is 4.79 Å². The molecule has 2 saturated carbocycles. The van der Waals surface area contributed by atoms with Gasteiger partial charge in [0.05, 0.1) is 0 Å². The second-order valence-electron chi connectivity index (χ2n) is 8.70. The van der Waals surface area contributed by atoms with Crippen LogP contribution in [0.5, 0.6) is 0 Å². The van der Waals surface area contributed by atoms with Crippen molar-refractivity contribution in [3.63, 3.8) is 0 Å². The van der Waals surface area contributed by atoms with E-state index in [-0.39, 0.29) is 11.4 Å². The van der Waals surface area contributed by atoms with Gasteiger partial charge in [-0.05, 0) is 55.3 Å². The highest BCUT2D eigenvalue weighted by Gasteiger charge is 2.61. The Balaban J connectivity index is 1.98. The minimum absolute atomic E-state index is 0.109. The fraction of sp³-hybridized carbons (Fsp3) is 0.944. The molecule has 0 unspecified atom stereocenters. The van der Waals surface area contributed by atoms with Crippen LogP contribution >= 0.6 is 0 Å². The van der Waals surface area contributed by atoms with Crippen molar-refractivity contribution >= 4 is 6.03 Å². The van der Waals surface area contributed by atoms with Crippen molar-refractivity contribution in [1.82, 2.24) is 10.2 Å². The topological polar surface area (TPSA) is 32.3 Å². The lowest BCUT2D eigenvalue weighted by Gasteiger charge is -2.40. The van der Waals surface area contributed by atoms with Crippen molar-refractivity contribution in [3.8, 4) is 0 Å². The van der Waals surface area contributed by atoms with Crippen LogP contribution in [0.3, 0.4) is 0 Å². The van der Waals surface area contributed by atoms with E-state index in [1.54, 1.807) is 0 Å². The first-order valence-electron chi connectivity index (χ1n) is 8.63. The van der Waals surface area contributed by atoms with Gasteiger partial charge in [0.15, 0.2) is 0 Å². The molecule has 2 rings (SSSR count). The van der Waals surface area contributed by atoms with Gasteiger partial charge in [-0.25, -0.2) is 4.79 Å². The lowest BCUT2D eigenvalue weighted by atomic mass is 9.69. The minimum atomic E-state index is 0.109. The first-order valence-corrected chi connectivity index (χ1v) is 8.63. The summed E-state index contributed by atoms with van der Waals surface area (Å²) in [6.45, 7) is 13.7. The van der Waals surface area contributed by atoms with Crippen LogP contribution in [0.15, 0.2) is 0 Å². The Kier molecular flexibility index (Phi) is 4.34. The Hall–Kier alpha value is -0.730. The number of rotatable bonds is 4. The van der Waals surface area contributed by atoms with Crippen LogP contribution in [-0.4, -0.2) is 30.1 Å². The highest BCUT2D eigenvalue weighted by atomic mass is 16.2. The summed E-state index contributed by atoms with van der Waals surface area (Å²) in [5.74, 6) is 1.39.